The van der Waals surface area contributed by atoms with Crippen LogP contribution in [0.3, 0.4) is 0 Å². The monoisotopic (exact) mass is 257 g/mol. The summed E-state index contributed by atoms with van der Waals surface area (Å²) in [7, 11) is 1.75. The number of rotatable bonds is 5. The van der Waals surface area contributed by atoms with Crippen LogP contribution in [-0.4, -0.2) is 31.1 Å². The number of ether oxygens (including phenoxy) is 1. The highest BCUT2D eigenvalue weighted by molar-refractivity contribution is 5.42. The Morgan fingerprint density at radius 3 is 3.00 bits per heavy atom. The molecule has 0 N–H and O–H groups in total. The standard InChI is InChI=1S/C17H23NO/c1-4-11-18(12-5-2)15-9-10-16-14(13-15)7-6-8-17(16)19-3/h1,6-8,15H,5,9-13H2,2-3H3. The Balaban J connectivity index is 2.15. The number of methoxy groups -OCH3 is 1. The molecule has 1 aromatic rings. The summed E-state index contributed by atoms with van der Waals surface area (Å²) in [4.78, 5) is 2.45. The highest BCUT2D eigenvalue weighted by Gasteiger charge is 2.24. The first-order chi connectivity index (χ1) is 9.30. The lowest BCUT2D eigenvalue weighted by molar-refractivity contribution is 0.201. The second-order valence-corrected chi connectivity index (χ2v) is 5.17. The van der Waals surface area contributed by atoms with Gasteiger partial charge >= 0.3 is 0 Å². The number of hydrogen-bond acceptors (Lipinski definition) is 2. The number of fused-ring (bicyclic) bond motifs is 1. The minimum atomic E-state index is 0.579. The molecule has 2 nitrogen and oxygen atoms in total. The Kier molecular flexibility index (Phi) is 4.87. The van der Waals surface area contributed by atoms with E-state index in [1.165, 1.54) is 17.5 Å². The van der Waals surface area contributed by atoms with E-state index >= 15 is 0 Å². The summed E-state index contributed by atoms with van der Waals surface area (Å²) in [5.41, 5.74) is 2.81. The van der Waals surface area contributed by atoms with Crippen molar-refractivity contribution >= 4 is 0 Å². The quantitative estimate of drug-likeness (QED) is 0.752. The van der Waals surface area contributed by atoms with Crippen molar-refractivity contribution < 1.29 is 4.74 Å². The second kappa shape index (κ2) is 6.63. The van der Waals surface area contributed by atoms with Gasteiger partial charge in [0.25, 0.3) is 0 Å². The first-order valence-electron chi connectivity index (χ1n) is 7.12. The van der Waals surface area contributed by atoms with E-state index in [-0.39, 0.29) is 0 Å². The fourth-order valence-electron chi connectivity index (χ4n) is 3.05. The van der Waals surface area contributed by atoms with Crippen LogP contribution in [0.15, 0.2) is 18.2 Å². The first-order valence-corrected chi connectivity index (χ1v) is 7.12. The van der Waals surface area contributed by atoms with Gasteiger partial charge < -0.3 is 4.74 Å². The molecule has 1 aromatic carbocycles. The van der Waals surface area contributed by atoms with Gasteiger partial charge in [-0.15, -0.1) is 6.42 Å². The lowest BCUT2D eigenvalue weighted by atomic mass is 9.86. The normalized spacial score (nSPS) is 17.9. The van der Waals surface area contributed by atoms with Crippen LogP contribution in [0.4, 0.5) is 0 Å². The van der Waals surface area contributed by atoms with Crippen LogP contribution in [0.25, 0.3) is 0 Å². The average molecular weight is 257 g/mol. The zero-order chi connectivity index (χ0) is 13.7. The van der Waals surface area contributed by atoms with Crippen molar-refractivity contribution in [3.8, 4) is 18.1 Å². The molecule has 0 amide bonds. The first kappa shape index (κ1) is 14.0. The predicted octanol–water partition coefficient (Wildman–Crippen LogP) is 2.90. The van der Waals surface area contributed by atoms with Crippen LogP contribution >= 0.6 is 0 Å². The molecule has 1 unspecified atom stereocenters. The fourth-order valence-corrected chi connectivity index (χ4v) is 3.05. The van der Waals surface area contributed by atoms with Gasteiger partial charge in [-0.25, -0.2) is 0 Å². The van der Waals surface area contributed by atoms with E-state index in [1.807, 2.05) is 0 Å². The van der Waals surface area contributed by atoms with Crippen LogP contribution in [0.2, 0.25) is 0 Å². The molecule has 2 heteroatoms. The molecule has 0 bridgehead atoms. The van der Waals surface area contributed by atoms with E-state index in [0.717, 1.165) is 38.1 Å². The Labute approximate surface area is 116 Å². The Morgan fingerprint density at radius 2 is 2.32 bits per heavy atom. The summed E-state index contributed by atoms with van der Waals surface area (Å²) in [6.45, 7) is 4.06. The highest BCUT2D eigenvalue weighted by Crippen LogP contribution is 2.31. The largest absolute Gasteiger partial charge is 0.496 e. The maximum atomic E-state index is 5.49. The van der Waals surface area contributed by atoms with Gasteiger partial charge in [0.15, 0.2) is 0 Å². The van der Waals surface area contributed by atoms with Crippen molar-refractivity contribution in [3.05, 3.63) is 29.3 Å². The van der Waals surface area contributed by atoms with Crippen molar-refractivity contribution in [1.29, 1.82) is 0 Å². The third-order valence-electron chi connectivity index (χ3n) is 3.95. The van der Waals surface area contributed by atoms with Crippen molar-refractivity contribution in [3.63, 3.8) is 0 Å². The van der Waals surface area contributed by atoms with E-state index < -0.39 is 0 Å². The molecule has 0 aliphatic heterocycles. The third kappa shape index (κ3) is 3.11. The molecule has 0 radical (unpaired) electrons. The number of nitrogens with zero attached hydrogens (tertiary/aromatic N) is 1. The Morgan fingerprint density at radius 1 is 1.47 bits per heavy atom. The van der Waals surface area contributed by atoms with Gasteiger partial charge in [-0.05, 0) is 49.4 Å². The molecule has 1 aliphatic rings. The van der Waals surface area contributed by atoms with Crippen LogP contribution < -0.4 is 4.74 Å². The minimum Gasteiger partial charge on any atom is -0.496 e. The molecule has 0 saturated heterocycles. The van der Waals surface area contributed by atoms with Crippen molar-refractivity contribution in [2.24, 2.45) is 0 Å². The molecule has 0 aromatic heterocycles. The molecule has 1 atom stereocenters. The zero-order valence-electron chi connectivity index (χ0n) is 12.0. The van der Waals surface area contributed by atoms with E-state index in [1.54, 1.807) is 7.11 Å². The summed E-state index contributed by atoms with van der Waals surface area (Å²) in [6.07, 6.45) is 10.0. The molecule has 0 fully saturated rings. The molecule has 0 spiro atoms. The van der Waals surface area contributed by atoms with Crippen molar-refractivity contribution in [2.45, 2.75) is 38.6 Å². The molecule has 2 rings (SSSR count). The van der Waals surface area contributed by atoms with Gasteiger partial charge in [0.2, 0.25) is 0 Å². The number of hydrogen-bond donors (Lipinski definition) is 0. The van der Waals surface area contributed by atoms with E-state index in [4.69, 9.17) is 11.2 Å². The van der Waals surface area contributed by atoms with Gasteiger partial charge in [-0.1, -0.05) is 25.0 Å². The van der Waals surface area contributed by atoms with Crippen LogP contribution in [0.5, 0.6) is 5.75 Å². The molecular weight excluding hydrogens is 234 g/mol. The van der Waals surface area contributed by atoms with Gasteiger partial charge in [-0.3, -0.25) is 4.90 Å². The van der Waals surface area contributed by atoms with Gasteiger partial charge in [0.1, 0.15) is 5.75 Å². The van der Waals surface area contributed by atoms with Gasteiger partial charge in [0, 0.05) is 6.04 Å². The Bertz CT molecular complexity index is 461. The minimum absolute atomic E-state index is 0.579. The van der Waals surface area contributed by atoms with E-state index in [9.17, 15) is 0 Å². The molecule has 0 saturated carbocycles. The molecular formula is C17H23NO. The fraction of sp³-hybridized carbons (Fsp3) is 0.529. The van der Waals surface area contributed by atoms with Gasteiger partial charge in [-0.2, -0.15) is 0 Å². The molecule has 0 heterocycles. The maximum absolute atomic E-state index is 5.49. The lowest BCUT2D eigenvalue weighted by Crippen LogP contribution is -2.40. The summed E-state index contributed by atoms with van der Waals surface area (Å²) < 4.78 is 5.46. The number of terminal acetylenes is 1. The summed E-state index contributed by atoms with van der Waals surface area (Å²) in [5, 5.41) is 0. The second-order valence-electron chi connectivity index (χ2n) is 5.17. The van der Waals surface area contributed by atoms with Crippen molar-refractivity contribution in [1.82, 2.24) is 4.90 Å². The van der Waals surface area contributed by atoms with Crippen LogP contribution in [0.1, 0.15) is 30.9 Å². The van der Waals surface area contributed by atoms with E-state index in [0.29, 0.717) is 6.04 Å². The topological polar surface area (TPSA) is 12.5 Å². The zero-order valence-corrected chi connectivity index (χ0v) is 12.0. The molecule has 1 aliphatic carbocycles. The van der Waals surface area contributed by atoms with Crippen LogP contribution in [-0.2, 0) is 12.8 Å². The SMILES string of the molecule is C#CCN(CCC)C1CCc2c(cccc2OC)C1. The third-order valence-corrected chi connectivity index (χ3v) is 3.95. The summed E-state index contributed by atoms with van der Waals surface area (Å²) in [5.74, 6) is 3.83. The van der Waals surface area contributed by atoms with E-state index in [2.05, 4.69) is 35.9 Å². The van der Waals surface area contributed by atoms with Gasteiger partial charge in [0.05, 0.1) is 13.7 Å². The lowest BCUT2D eigenvalue weighted by Gasteiger charge is -2.34. The summed E-state index contributed by atoms with van der Waals surface area (Å²) in [6, 6.07) is 6.95. The smallest absolute Gasteiger partial charge is 0.122 e. The maximum Gasteiger partial charge on any atom is 0.122 e. The molecule has 102 valence electrons. The highest BCUT2D eigenvalue weighted by atomic mass is 16.5. The van der Waals surface area contributed by atoms with Crippen molar-refractivity contribution in [2.75, 3.05) is 20.2 Å². The molecule has 19 heavy (non-hydrogen) atoms. The van der Waals surface area contributed by atoms with Crippen LogP contribution in [0, 0.1) is 12.3 Å². The number of benzene rings is 1. The predicted molar refractivity (Wildman–Crippen MR) is 79.5 cm³/mol. The summed E-state index contributed by atoms with van der Waals surface area (Å²) >= 11 is 0. The Hall–Kier alpha value is -1.46. The average Bonchev–Trinajstić information content (AvgIpc) is 2.45.